The summed E-state index contributed by atoms with van der Waals surface area (Å²) >= 11 is 0. The molecule has 0 unspecified atom stereocenters. The normalized spacial score (nSPS) is 10.6. The second-order valence-electron chi connectivity index (χ2n) is 7.92. The van der Waals surface area contributed by atoms with E-state index in [1.807, 2.05) is 123 Å². The Bertz CT molecular complexity index is 1110. The highest BCUT2D eigenvalue weighted by Crippen LogP contribution is 2.26. The third-order valence-electron chi connectivity index (χ3n) is 5.46. The van der Waals surface area contributed by atoms with Crippen LogP contribution in [0.3, 0.4) is 0 Å². The number of carbonyl (C=O) groups is 1. The minimum absolute atomic E-state index is 0.165. The summed E-state index contributed by atoms with van der Waals surface area (Å²) in [5, 5.41) is 4.59. The van der Waals surface area contributed by atoms with Crippen LogP contribution in [0.4, 0.5) is 0 Å². The highest BCUT2D eigenvalue weighted by atomic mass is 16.2. The molecule has 0 aromatic heterocycles. The van der Waals surface area contributed by atoms with Crippen molar-refractivity contribution in [2.75, 3.05) is 0 Å². The average molecular weight is 419 g/mol. The van der Waals surface area contributed by atoms with Crippen molar-refractivity contribution in [2.24, 2.45) is 5.10 Å². The van der Waals surface area contributed by atoms with Gasteiger partial charge in [0.25, 0.3) is 5.91 Å². The van der Waals surface area contributed by atoms with E-state index in [1.165, 1.54) is 0 Å². The van der Waals surface area contributed by atoms with Gasteiger partial charge in [-0.15, -0.1) is 0 Å². The first-order valence-corrected chi connectivity index (χ1v) is 10.7. The third-order valence-corrected chi connectivity index (χ3v) is 5.46. The molecule has 4 aromatic rings. The Kier molecular flexibility index (Phi) is 6.57. The molecule has 3 heteroatoms. The fourth-order valence-corrected chi connectivity index (χ4v) is 3.68. The van der Waals surface area contributed by atoms with Gasteiger partial charge in [0.15, 0.2) is 0 Å². The number of hydrogen-bond acceptors (Lipinski definition) is 2. The first-order chi connectivity index (χ1) is 15.6. The predicted molar refractivity (Wildman–Crippen MR) is 131 cm³/mol. The lowest BCUT2D eigenvalue weighted by Crippen LogP contribution is -2.27. The molecular weight excluding hydrogens is 392 g/mol. The quantitative estimate of drug-likeness (QED) is 0.303. The van der Waals surface area contributed by atoms with E-state index >= 15 is 0 Å². The highest BCUT2D eigenvalue weighted by molar-refractivity contribution is 6.13. The van der Waals surface area contributed by atoms with Crippen molar-refractivity contribution in [3.63, 3.8) is 0 Å². The summed E-state index contributed by atoms with van der Waals surface area (Å²) < 4.78 is 0. The van der Waals surface area contributed by atoms with Crippen LogP contribution in [0.1, 0.15) is 39.3 Å². The van der Waals surface area contributed by atoms with Crippen molar-refractivity contribution in [1.82, 2.24) is 5.43 Å². The smallest absolute Gasteiger partial charge is 0.252 e. The molecule has 0 atom stereocenters. The van der Waals surface area contributed by atoms with Crippen LogP contribution in [0.15, 0.2) is 114 Å². The highest BCUT2D eigenvalue weighted by Gasteiger charge is 2.23. The van der Waals surface area contributed by atoms with E-state index in [1.54, 1.807) is 0 Å². The Balaban J connectivity index is 1.70. The van der Waals surface area contributed by atoms with E-state index in [4.69, 9.17) is 0 Å². The Morgan fingerprint density at radius 1 is 0.625 bits per heavy atom. The molecule has 0 spiro atoms. The van der Waals surface area contributed by atoms with E-state index in [2.05, 4.69) is 10.5 Å². The Morgan fingerprint density at radius 3 is 1.44 bits per heavy atom. The monoisotopic (exact) mass is 418 g/mol. The molecule has 32 heavy (non-hydrogen) atoms. The summed E-state index contributed by atoms with van der Waals surface area (Å²) in [7, 11) is 0. The van der Waals surface area contributed by atoms with Crippen molar-refractivity contribution in [3.05, 3.63) is 143 Å². The molecule has 0 saturated heterocycles. The second-order valence-corrected chi connectivity index (χ2v) is 7.92. The van der Waals surface area contributed by atoms with Crippen LogP contribution in [0.5, 0.6) is 0 Å². The van der Waals surface area contributed by atoms with Crippen LogP contribution in [-0.2, 0) is 4.79 Å². The Morgan fingerprint density at radius 2 is 1.03 bits per heavy atom. The minimum Gasteiger partial charge on any atom is -0.272 e. The molecule has 0 fully saturated rings. The van der Waals surface area contributed by atoms with Gasteiger partial charge in [-0.3, -0.25) is 4.79 Å². The fourth-order valence-electron chi connectivity index (χ4n) is 3.68. The van der Waals surface area contributed by atoms with Crippen LogP contribution in [0, 0.1) is 13.8 Å². The molecule has 3 nitrogen and oxygen atoms in total. The van der Waals surface area contributed by atoms with Gasteiger partial charge < -0.3 is 0 Å². The molecular formula is C29H26N2O. The second kappa shape index (κ2) is 9.88. The third kappa shape index (κ3) is 5.01. The van der Waals surface area contributed by atoms with Crippen LogP contribution in [0.25, 0.3) is 0 Å². The summed E-state index contributed by atoms with van der Waals surface area (Å²) in [4.78, 5) is 13.5. The average Bonchev–Trinajstić information content (AvgIpc) is 2.83. The first kappa shape index (κ1) is 21.3. The zero-order valence-corrected chi connectivity index (χ0v) is 18.3. The molecule has 0 radical (unpaired) electrons. The first-order valence-electron chi connectivity index (χ1n) is 10.7. The standard InChI is InChI=1S/C29H26N2O/c1-21-13-17-23(18-14-21)27(24-19-15-22(2)16-20-24)29(32)31-30-28(25-9-5-3-6-10-25)26-11-7-4-8-12-26/h3-20,27H,1-2H3,(H,31,32). The van der Waals surface area contributed by atoms with Gasteiger partial charge in [-0.05, 0) is 25.0 Å². The number of hydrazone groups is 1. The van der Waals surface area contributed by atoms with Gasteiger partial charge in [-0.25, -0.2) is 5.43 Å². The summed E-state index contributed by atoms with van der Waals surface area (Å²) in [6.45, 7) is 4.09. The number of aryl methyl sites for hydroxylation is 2. The van der Waals surface area contributed by atoms with Gasteiger partial charge in [0.05, 0.1) is 11.6 Å². The summed E-state index contributed by atoms with van der Waals surface area (Å²) in [5.41, 5.74) is 9.67. The molecule has 0 aliphatic heterocycles. The van der Waals surface area contributed by atoms with Gasteiger partial charge in [-0.2, -0.15) is 5.10 Å². The molecule has 1 amide bonds. The van der Waals surface area contributed by atoms with E-state index < -0.39 is 5.92 Å². The largest absolute Gasteiger partial charge is 0.272 e. The molecule has 0 saturated carbocycles. The number of nitrogens with zero attached hydrogens (tertiary/aromatic N) is 1. The van der Waals surface area contributed by atoms with E-state index in [9.17, 15) is 4.79 Å². The van der Waals surface area contributed by atoms with Gasteiger partial charge in [0.2, 0.25) is 0 Å². The zero-order chi connectivity index (χ0) is 22.3. The van der Waals surface area contributed by atoms with Crippen LogP contribution < -0.4 is 5.43 Å². The number of nitrogens with one attached hydrogen (secondary N) is 1. The lowest BCUT2D eigenvalue weighted by Gasteiger charge is -2.17. The maximum absolute atomic E-state index is 13.5. The topological polar surface area (TPSA) is 41.5 Å². The fraction of sp³-hybridized carbons (Fsp3) is 0.103. The Hall–Kier alpha value is -3.98. The SMILES string of the molecule is Cc1ccc(C(C(=O)NN=C(c2ccccc2)c2ccccc2)c2ccc(C)cc2)cc1. The van der Waals surface area contributed by atoms with Gasteiger partial charge in [-0.1, -0.05) is 120 Å². The van der Waals surface area contributed by atoms with Crippen molar-refractivity contribution in [2.45, 2.75) is 19.8 Å². The molecule has 158 valence electrons. The van der Waals surface area contributed by atoms with Crippen LogP contribution in [0.2, 0.25) is 0 Å². The maximum Gasteiger partial charge on any atom is 0.252 e. The number of carbonyl (C=O) groups excluding carboxylic acids is 1. The van der Waals surface area contributed by atoms with Gasteiger partial charge in [0.1, 0.15) is 0 Å². The number of amides is 1. The van der Waals surface area contributed by atoms with Crippen molar-refractivity contribution in [3.8, 4) is 0 Å². The summed E-state index contributed by atoms with van der Waals surface area (Å²) in [6.07, 6.45) is 0. The van der Waals surface area contributed by atoms with Crippen LogP contribution >= 0.6 is 0 Å². The maximum atomic E-state index is 13.5. The summed E-state index contributed by atoms with van der Waals surface area (Å²) in [6, 6.07) is 36.0. The lowest BCUT2D eigenvalue weighted by molar-refractivity contribution is -0.121. The molecule has 0 aliphatic carbocycles. The van der Waals surface area contributed by atoms with E-state index in [0.717, 1.165) is 39.1 Å². The minimum atomic E-state index is -0.451. The number of rotatable bonds is 6. The van der Waals surface area contributed by atoms with Crippen LogP contribution in [-0.4, -0.2) is 11.6 Å². The molecule has 0 aliphatic rings. The van der Waals surface area contributed by atoms with E-state index in [-0.39, 0.29) is 5.91 Å². The summed E-state index contributed by atoms with van der Waals surface area (Å²) in [5.74, 6) is -0.616. The number of hydrogen-bond donors (Lipinski definition) is 1. The molecule has 4 aromatic carbocycles. The van der Waals surface area contributed by atoms with Crippen molar-refractivity contribution in [1.29, 1.82) is 0 Å². The van der Waals surface area contributed by atoms with Crippen molar-refractivity contribution < 1.29 is 4.79 Å². The molecule has 0 heterocycles. The predicted octanol–water partition coefficient (Wildman–Crippen LogP) is 6.00. The molecule has 4 rings (SSSR count). The van der Waals surface area contributed by atoms with Gasteiger partial charge in [0, 0.05) is 11.1 Å². The van der Waals surface area contributed by atoms with Crippen molar-refractivity contribution >= 4 is 11.6 Å². The number of benzene rings is 4. The molecule has 1 N–H and O–H groups in total. The Labute approximate surface area is 189 Å². The lowest BCUT2D eigenvalue weighted by atomic mass is 9.90. The molecule has 0 bridgehead atoms. The van der Waals surface area contributed by atoms with E-state index in [0.29, 0.717) is 0 Å². The van der Waals surface area contributed by atoms with Gasteiger partial charge >= 0.3 is 0 Å². The zero-order valence-electron chi connectivity index (χ0n) is 18.3.